The topological polar surface area (TPSA) is 94.9 Å². The van der Waals surface area contributed by atoms with E-state index in [-0.39, 0.29) is 17.8 Å². The van der Waals surface area contributed by atoms with Crippen LogP contribution in [0.25, 0.3) is 0 Å². The standard InChI is InChI=1S/C19H22N4O4/c1-2-17(24)20-14-5-3-6-15(13-14)21-19(26)23-10-8-22(9-11-23)18(25)16-7-4-12-27-16/h3-7,12-13H,2,8-11H2,1H3,(H,20,24)(H,21,26). The van der Waals surface area contributed by atoms with E-state index >= 15 is 0 Å². The molecule has 8 nitrogen and oxygen atoms in total. The van der Waals surface area contributed by atoms with E-state index < -0.39 is 0 Å². The number of anilines is 2. The van der Waals surface area contributed by atoms with Crippen molar-refractivity contribution >= 4 is 29.2 Å². The number of amides is 4. The highest BCUT2D eigenvalue weighted by molar-refractivity contribution is 5.94. The molecule has 1 aliphatic heterocycles. The summed E-state index contributed by atoms with van der Waals surface area (Å²) in [5.74, 6) is 0.0501. The molecular formula is C19H22N4O4. The van der Waals surface area contributed by atoms with Crippen LogP contribution in [-0.4, -0.2) is 53.8 Å². The molecule has 8 heteroatoms. The van der Waals surface area contributed by atoms with Gasteiger partial charge in [-0.3, -0.25) is 9.59 Å². The molecule has 2 heterocycles. The summed E-state index contributed by atoms with van der Waals surface area (Å²) >= 11 is 0. The zero-order valence-corrected chi connectivity index (χ0v) is 15.1. The summed E-state index contributed by atoms with van der Waals surface area (Å²) in [5.41, 5.74) is 1.23. The number of benzene rings is 1. The highest BCUT2D eigenvalue weighted by Gasteiger charge is 2.26. The maximum Gasteiger partial charge on any atom is 0.321 e. The van der Waals surface area contributed by atoms with Crippen molar-refractivity contribution in [2.24, 2.45) is 0 Å². The Labute approximate surface area is 157 Å². The largest absolute Gasteiger partial charge is 0.459 e. The molecule has 1 saturated heterocycles. The summed E-state index contributed by atoms with van der Waals surface area (Å²) in [5, 5.41) is 5.59. The molecular weight excluding hydrogens is 348 g/mol. The Bertz CT molecular complexity index is 811. The smallest absolute Gasteiger partial charge is 0.321 e. The van der Waals surface area contributed by atoms with Gasteiger partial charge in [0.2, 0.25) is 5.91 Å². The van der Waals surface area contributed by atoms with Gasteiger partial charge in [0.05, 0.1) is 6.26 Å². The second-order valence-electron chi connectivity index (χ2n) is 6.17. The molecule has 2 N–H and O–H groups in total. The van der Waals surface area contributed by atoms with Gasteiger partial charge in [-0.25, -0.2) is 4.79 Å². The van der Waals surface area contributed by atoms with E-state index in [0.29, 0.717) is 49.7 Å². The molecule has 4 amide bonds. The predicted octanol–water partition coefficient (Wildman–Crippen LogP) is 2.62. The van der Waals surface area contributed by atoms with E-state index in [1.807, 2.05) is 0 Å². The van der Waals surface area contributed by atoms with Crippen LogP contribution in [0.2, 0.25) is 0 Å². The summed E-state index contributed by atoms with van der Waals surface area (Å²) in [7, 11) is 0. The Kier molecular flexibility index (Phi) is 5.75. The molecule has 1 fully saturated rings. The van der Waals surface area contributed by atoms with Crippen LogP contribution in [0.3, 0.4) is 0 Å². The third-order valence-corrected chi connectivity index (χ3v) is 4.30. The maximum atomic E-state index is 12.5. The van der Waals surface area contributed by atoms with Gasteiger partial charge in [-0.2, -0.15) is 0 Å². The first-order valence-electron chi connectivity index (χ1n) is 8.85. The van der Waals surface area contributed by atoms with Crippen molar-refractivity contribution < 1.29 is 18.8 Å². The molecule has 0 saturated carbocycles. The fourth-order valence-electron chi connectivity index (χ4n) is 2.80. The van der Waals surface area contributed by atoms with Crippen LogP contribution < -0.4 is 10.6 Å². The number of furan rings is 1. The number of urea groups is 1. The third-order valence-electron chi connectivity index (χ3n) is 4.30. The van der Waals surface area contributed by atoms with Gasteiger partial charge in [0.15, 0.2) is 5.76 Å². The van der Waals surface area contributed by atoms with Crippen molar-refractivity contribution in [2.75, 3.05) is 36.8 Å². The lowest BCUT2D eigenvalue weighted by Crippen LogP contribution is -2.51. The first-order chi connectivity index (χ1) is 13.1. The fourth-order valence-corrected chi connectivity index (χ4v) is 2.80. The molecule has 0 atom stereocenters. The lowest BCUT2D eigenvalue weighted by molar-refractivity contribution is -0.115. The van der Waals surface area contributed by atoms with Gasteiger partial charge < -0.3 is 24.9 Å². The van der Waals surface area contributed by atoms with Crippen LogP contribution >= 0.6 is 0 Å². The van der Waals surface area contributed by atoms with Gasteiger partial charge in [-0.15, -0.1) is 0 Å². The van der Waals surface area contributed by atoms with Crippen molar-refractivity contribution in [3.05, 3.63) is 48.4 Å². The van der Waals surface area contributed by atoms with E-state index in [1.54, 1.807) is 53.1 Å². The molecule has 2 aromatic rings. The van der Waals surface area contributed by atoms with Crippen LogP contribution in [0, 0.1) is 0 Å². The van der Waals surface area contributed by atoms with Gasteiger partial charge in [0.25, 0.3) is 5.91 Å². The maximum absolute atomic E-state index is 12.5. The number of piperazine rings is 1. The minimum absolute atomic E-state index is 0.0872. The first-order valence-corrected chi connectivity index (χ1v) is 8.85. The molecule has 1 aromatic heterocycles. The van der Waals surface area contributed by atoms with Gasteiger partial charge in [-0.05, 0) is 30.3 Å². The van der Waals surface area contributed by atoms with E-state index in [2.05, 4.69) is 10.6 Å². The molecule has 27 heavy (non-hydrogen) atoms. The quantitative estimate of drug-likeness (QED) is 0.865. The van der Waals surface area contributed by atoms with Gasteiger partial charge in [0.1, 0.15) is 0 Å². The fraction of sp³-hybridized carbons (Fsp3) is 0.316. The van der Waals surface area contributed by atoms with Crippen LogP contribution in [0.1, 0.15) is 23.9 Å². The molecule has 142 valence electrons. The number of hydrogen-bond acceptors (Lipinski definition) is 4. The Morgan fingerprint density at radius 1 is 0.963 bits per heavy atom. The van der Waals surface area contributed by atoms with Crippen molar-refractivity contribution in [3.63, 3.8) is 0 Å². The highest BCUT2D eigenvalue weighted by atomic mass is 16.3. The molecule has 1 aliphatic rings. The number of hydrogen-bond donors (Lipinski definition) is 2. The van der Waals surface area contributed by atoms with Crippen molar-refractivity contribution in [3.8, 4) is 0 Å². The predicted molar refractivity (Wildman–Crippen MR) is 101 cm³/mol. The molecule has 0 spiro atoms. The average molecular weight is 370 g/mol. The Balaban J connectivity index is 1.53. The summed E-state index contributed by atoms with van der Waals surface area (Å²) < 4.78 is 5.13. The summed E-state index contributed by atoms with van der Waals surface area (Å²) in [6.07, 6.45) is 1.85. The monoisotopic (exact) mass is 370 g/mol. The lowest BCUT2D eigenvalue weighted by Gasteiger charge is -2.34. The SMILES string of the molecule is CCC(=O)Nc1cccc(NC(=O)N2CCN(C(=O)c3ccco3)CC2)c1. The zero-order valence-electron chi connectivity index (χ0n) is 15.1. The molecule has 0 aliphatic carbocycles. The number of carbonyl (C=O) groups excluding carboxylic acids is 3. The van der Waals surface area contributed by atoms with Crippen molar-refractivity contribution in [1.82, 2.24) is 9.80 Å². The van der Waals surface area contributed by atoms with E-state index in [0.717, 1.165) is 0 Å². The number of rotatable bonds is 4. The van der Waals surface area contributed by atoms with Crippen molar-refractivity contribution in [2.45, 2.75) is 13.3 Å². The molecule has 1 aromatic carbocycles. The normalized spacial score (nSPS) is 14.0. The summed E-state index contributed by atoms with van der Waals surface area (Å²) in [4.78, 5) is 39.5. The lowest BCUT2D eigenvalue weighted by atomic mass is 10.2. The van der Waals surface area contributed by atoms with E-state index in [9.17, 15) is 14.4 Å². The Morgan fingerprint density at radius 2 is 1.63 bits per heavy atom. The first kappa shape index (κ1) is 18.5. The second-order valence-corrected chi connectivity index (χ2v) is 6.17. The van der Waals surface area contributed by atoms with E-state index in [1.165, 1.54) is 6.26 Å². The Morgan fingerprint density at radius 3 is 2.26 bits per heavy atom. The van der Waals surface area contributed by atoms with Gasteiger partial charge in [-0.1, -0.05) is 13.0 Å². The molecule has 0 unspecified atom stereocenters. The minimum atomic E-state index is -0.237. The summed E-state index contributed by atoms with van der Waals surface area (Å²) in [6, 6.07) is 10.1. The average Bonchev–Trinajstić information content (AvgIpc) is 3.22. The molecule has 0 radical (unpaired) electrons. The number of nitrogens with one attached hydrogen (secondary N) is 2. The minimum Gasteiger partial charge on any atom is -0.459 e. The van der Waals surface area contributed by atoms with Crippen LogP contribution in [0.5, 0.6) is 0 Å². The van der Waals surface area contributed by atoms with Gasteiger partial charge in [0, 0.05) is 44.0 Å². The van der Waals surface area contributed by atoms with E-state index in [4.69, 9.17) is 4.42 Å². The summed E-state index contributed by atoms with van der Waals surface area (Å²) in [6.45, 7) is 3.53. The van der Waals surface area contributed by atoms with Crippen LogP contribution in [0.4, 0.5) is 16.2 Å². The molecule has 0 bridgehead atoms. The third kappa shape index (κ3) is 4.66. The molecule has 3 rings (SSSR count). The second kappa shape index (κ2) is 8.39. The van der Waals surface area contributed by atoms with Gasteiger partial charge >= 0.3 is 6.03 Å². The Hall–Kier alpha value is -3.29. The van der Waals surface area contributed by atoms with Crippen LogP contribution in [0.15, 0.2) is 47.1 Å². The zero-order chi connectivity index (χ0) is 19.2. The number of carbonyl (C=O) groups is 3. The van der Waals surface area contributed by atoms with Crippen molar-refractivity contribution in [1.29, 1.82) is 0 Å². The highest BCUT2D eigenvalue weighted by Crippen LogP contribution is 2.17. The van der Waals surface area contributed by atoms with Crippen LogP contribution in [-0.2, 0) is 4.79 Å². The number of nitrogens with zero attached hydrogens (tertiary/aromatic N) is 2.